The fourth-order valence-electron chi connectivity index (χ4n) is 3.68. The van der Waals surface area contributed by atoms with Gasteiger partial charge >= 0.3 is 5.76 Å². The summed E-state index contributed by atoms with van der Waals surface area (Å²) in [6, 6.07) is 7.84. The van der Waals surface area contributed by atoms with Crippen molar-refractivity contribution in [1.82, 2.24) is 29.2 Å². The Morgan fingerprint density at radius 1 is 1.30 bits per heavy atom. The number of aryl methyl sites for hydroxylation is 2. The van der Waals surface area contributed by atoms with E-state index >= 15 is 0 Å². The van der Waals surface area contributed by atoms with E-state index in [1.807, 2.05) is 35.9 Å². The molecule has 0 fully saturated rings. The summed E-state index contributed by atoms with van der Waals surface area (Å²) in [6.07, 6.45) is 4.72. The van der Waals surface area contributed by atoms with Gasteiger partial charge in [-0.05, 0) is 38.1 Å². The number of nitrogens with zero attached hydrogens (tertiary/aromatic N) is 5. The van der Waals surface area contributed by atoms with Gasteiger partial charge in [-0.25, -0.2) is 9.78 Å². The van der Waals surface area contributed by atoms with E-state index in [-0.39, 0.29) is 5.76 Å². The molecule has 4 heterocycles. The van der Waals surface area contributed by atoms with Gasteiger partial charge in [0.2, 0.25) is 0 Å². The number of imidazole rings is 1. The van der Waals surface area contributed by atoms with Crippen molar-refractivity contribution < 1.29 is 4.42 Å². The molecule has 0 atom stereocenters. The average Bonchev–Trinajstić information content (AvgIpc) is 3.34. The predicted octanol–water partition coefficient (Wildman–Crippen LogP) is 2.16. The number of benzene rings is 1. The smallest absolute Gasteiger partial charge is 0.408 e. The highest BCUT2D eigenvalue weighted by Crippen LogP contribution is 2.24. The van der Waals surface area contributed by atoms with Crippen LogP contribution < -0.4 is 11.1 Å². The zero-order valence-electron chi connectivity index (χ0n) is 15.1. The van der Waals surface area contributed by atoms with Crippen molar-refractivity contribution >= 4 is 11.1 Å². The van der Waals surface area contributed by atoms with Gasteiger partial charge in [0.05, 0.1) is 16.9 Å². The lowest BCUT2D eigenvalue weighted by atomic mass is 10.2. The van der Waals surface area contributed by atoms with Crippen LogP contribution in [0.25, 0.3) is 28.3 Å². The minimum absolute atomic E-state index is 0.333. The minimum atomic E-state index is -0.333. The molecule has 0 unspecified atom stereocenters. The average molecular weight is 364 g/mol. The first-order valence-corrected chi connectivity index (χ1v) is 9.19. The van der Waals surface area contributed by atoms with Crippen molar-refractivity contribution in [2.45, 2.75) is 33.0 Å². The van der Waals surface area contributed by atoms with Gasteiger partial charge in [-0.2, -0.15) is 5.10 Å². The fraction of sp³-hybridized carbons (Fsp3) is 0.316. The van der Waals surface area contributed by atoms with Gasteiger partial charge in [0.25, 0.3) is 0 Å². The van der Waals surface area contributed by atoms with E-state index in [0.717, 1.165) is 48.8 Å². The summed E-state index contributed by atoms with van der Waals surface area (Å²) < 4.78 is 11.0. The van der Waals surface area contributed by atoms with Gasteiger partial charge in [-0.1, -0.05) is 0 Å². The zero-order chi connectivity index (χ0) is 18.4. The second-order valence-corrected chi connectivity index (χ2v) is 6.66. The Morgan fingerprint density at radius 3 is 3.11 bits per heavy atom. The van der Waals surface area contributed by atoms with Crippen LogP contribution in [0.15, 0.2) is 45.9 Å². The van der Waals surface area contributed by atoms with E-state index in [2.05, 4.69) is 21.0 Å². The predicted molar refractivity (Wildman–Crippen MR) is 101 cm³/mol. The van der Waals surface area contributed by atoms with Crippen molar-refractivity contribution in [3.05, 3.63) is 52.9 Å². The van der Waals surface area contributed by atoms with Crippen molar-refractivity contribution in [2.75, 3.05) is 6.54 Å². The zero-order valence-corrected chi connectivity index (χ0v) is 15.1. The van der Waals surface area contributed by atoms with Crippen molar-refractivity contribution in [2.24, 2.45) is 0 Å². The SMILES string of the molecule is CCn1c(=O)oc2cc(-n3ccnc3-c3cc4n(n3)CCCNC4)ccc21. The van der Waals surface area contributed by atoms with Crippen molar-refractivity contribution in [3.63, 3.8) is 0 Å². The summed E-state index contributed by atoms with van der Waals surface area (Å²) in [5, 5.41) is 8.16. The maximum Gasteiger partial charge on any atom is 0.419 e. The molecule has 5 rings (SSSR count). The Kier molecular flexibility index (Phi) is 3.71. The Bertz CT molecular complexity index is 1160. The van der Waals surface area contributed by atoms with Gasteiger partial charge in [0.1, 0.15) is 5.69 Å². The standard InChI is InChI=1S/C19H20N6O2/c1-2-23-16-5-4-13(11-17(16)27-19(23)26)24-9-7-21-18(24)15-10-14-12-20-6-3-8-25(14)22-15/h4-5,7,9-11,20H,2-3,6,8,12H2,1H3. The largest absolute Gasteiger partial charge is 0.419 e. The van der Waals surface area contributed by atoms with Crippen LogP contribution in [0.2, 0.25) is 0 Å². The Hall–Kier alpha value is -3.13. The number of hydrogen-bond donors (Lipinski definition) is 1. The third-order valence-electron chi connectivity index (χ3n) is 5.01. The van der Waals surface area contributed by atoms with Crippen molar-refractivity contribution in [3.8, 4) is 17.2 Å². The molecule has 8 heteroatoms. The first-order chi connectivity index (χ1) is 13.2. The van der Waals surface area contributed by atoms with E-state index in [0.29, 0.717) is 12.1 Å². The van der Waals surface area contributed by atoms with Crippen LogP contribution in [0, 0.1) is 0 Å². The van der Waals surface area contributed by atoms with Crippen LogP contribution in [-0.4, -0.2) is 30.4 Å². The first-order valence-electron chi connectivity index (χ1n) is 9.19. The van der Waals surface area contributed by atoms with Crippen LogP contribution in [0.3, 0.4) is 0 Å². The van der Waals surface area contributed by atoms with Crippen LogP contribution in [0.4, 0.5) is 0 Å². The molecule has 0 amide bonds. The molecule has 0 radical (unpaired) electrons. The molecular formula is C19H20N6O2. The van der Waals surface area contributed by atoms with E-state index < -0.39 is 0 Å². The maximum absolute atomic E-state index is 12.0. The summed E-state index contributed by atoms with van der Waals surface area (Å²) in [7, 11) is 0. The quantitative estimate of drug-likeness (QED) is 0.602. The lowest BCUT2D eigenvalue weighted by Gasteiger charge is -2.06. The van der Waals surface area contributed by atoms with E-state index in [9.17, 15) is 4.79 Å². The highest BCUT2D eigenvalue weighted by Gasteiger charge is 2.17. The third-order valence-corrected chi connectivity index (χ3v) is 5.01. The number of rotatable bonds is 3. The highest BCUT2D eigenvalue weighted by molar-refractivity contribution is 5.76. The summed E-state index contributed by atoms with van der Waals surface area (Å²) >= 11 is 0. The molecule has 0 aliphatic carbocycles. The molecule has 138 valence electrons. The molecule has 1 aromatic carbocycles. The van der Waals surface area contributed by atoms with Crippen LogP contribution >= 0.6 is 0 Å². The Morgan fingerprint density at radius 2 is 2.22 bits per heavy atom. The number of nitrogens with one attached hydrogen (secondary N) is 1. The molecule has 3 aromatic heterocycles. The van der Waals surface area contributed by atoms with Crippen molar-refractivity contribution in [1.29, 1.82) is 0 Å². The molecule has 1 aliphatic heterocycles. The molecule has 27 heavy (non-hydrogen) atoms. The van der Waals surface area contributed by atoms with Gasteiger partial charge < -0.3 is 9.73 Å². The number of oxazole rings is 1. The van der Waals surface area contributed by atoms with E-state index in [4.69, 9.17) is 9.52 Å². The second-order valence-electron chi connectivity index (χ2n) is 6.66. The summed E-state index contributed by atoms with van der Waals surface area (Å²) in [5.41, 5.74) is 4.26. The number of aromatic nitrogens is 5. The second kappa shape index (κ2) is 6.24. The van der Waals surface area contributed by atoms with Gasteiger partial charge in [0.15, 0.2) is 11.4 Å². The lowest BCUT2D eigenvalue weighted by Crippen LogP contribution is -2.11. The topological polar surface area (TPSA) is 82.8 Å². The molecule has 1 N–H and O–H groups in total. The third kappa shape index (κ3) is 2.60. The summed E-state index contributed by atoms with van der Waals surface area (Å²) in [4.78, 5) is 16.5. The molecule has 0 saturated carbocycles. The first kappa shape index (κ1) is 16.1. The highest BCUT2D eigenvalue weighted by atomic mass is 16.4. The Balaban J connectivity index is 1.59. The molecule has 8 nitrogen and oxygen atoms in total. The fourth-order valence-corrected chi connectivity index (χ4v) is 3.68. The summed E-state index contributed by atoms with van der Waals surface area (Å²) in [6.45, 7) is 5.24. The number of hydrogen-bond acceptors (Lipinski definition) is 5. The normalized spacial score (nSPS) is 14.4. The monoisotopic (exact) mass is 364 g/mol. The van der Waals surface area contributed by atoms with Crippen LogP contribution in [0.5, 0.6) is 0 Å². The van der Waals surface area contributed by atoms with Gasteiger partial charge in [-0.15, -0.1) is 0 Å². The molecule has 1 aliphatic rings. The molecular weight excluding hydrogens is 344 g/mol. The lowest BCUT2D eigenvalue weighted by molar-refractivity contribution is 0.513. The minimum Gasteiger partial charge on any atom is -0.408 e. The Labute approximate surface area is 155 Å². The van der Waals surface area contributed by atoms with Crippen LogP contribution in [0.1, 0.15) is 19.0 Å². The molecule has 4 aromatic rings. The van der Waals surface area contributed by atoms with Gasteiger partial charge in [-0.3, -0.25) is 13.8 Å². The van der Waals surface area contributed by atoms with E-state index in [1.165, 1.54) is 5.69 Å². The van der Waals surface area contributed by atoms with Crippen LogP contribution in [-0.2, 0) is 19.6 Å². The summed E-state index contributed by atoms with van der Waals surface area (Å²) in [5.74, 6) is 0.438. The number of fused-ring (bicyclic) bond motifs is 2. The van der Waals surface area contributed by atoms with Gasteiger partial charge in [0, 0.05) is 38.1 Å². The molecule has 0 bridgehead atoms. The maximum atomic E-state index is 12.0. The van der Waals surface area contributed by atoms with E-state index in [1.54, 1.807) is 10.8 Å². The molecule has 0 saturated heterocycles. The molecule has 0 spiro atoms.